The third kappa shape index (κ3) is 2.31. The Morgan fingerprint density at radius 3 is 1.88 bits per heavy atom. The van der Waals surface area contributed by atoms with E-state index in [4.69, 9.17) is 0 Å². The molecule has 1 heterocycles. The molecule has 2 rings (SSSR count). The summed E-state index contributed by atoms with van der Waals surface area (Å²) >= 11 is 0. The van der Waals surface area contributed by atoms with Gasteiger partial charge in [0.15, 0.2) is 0 Å². The van der Waals surface area contributed by atoms with E-state index in [0.717, 1.165) is 25.9 Å². The molecule has 1 aliphatic carbocycles. The molecule has 0 spiro atoms. The summed E-state index contributed by atoms with van der Waals surface area (Å²) in [5, 5.41) is 0. The molecule has 0 unspecified atom stereocenters. The molecule has 1 aliphatic heterocycles. The number of amides is 1. The Balaban J connectivity index is 1.92. The molecule has 1 saturated carbocycles. The fourth-order valence-electron chi connectivity index (χ4n) is 2.51. The zero-order valence-corrected chi connectivity index (χ0v) is 10.8. The smallest absolute Gasteiger partial charge is 0.227 e. The monoisotopic (exact) mass is 221 g/mol. The summed E-state index contributed by atoms with van der Waals surface area (Å²) in [6.45, 7) is 7.91. The molecular weight excluding hydrogens is 198 g/mol. The first kappa shape index (κ1) is 11.7. The Morgan fingerprint density at radius 2 is 1.50 bits per heavy atom. The second-order valence-corrected chi connectivity index (χ2v) is 6.10. The average molecular weight is 221 g/mol. The van der Waals surface area contributed by atoms with Gasteiger partial charge in [0.05, 0.1) is 0 Å². The molecule has 2 nitrogen and oxygen atoms in total. The van der Waals surface area contributed by atoms with Crippen molar-refractivity contribution in [3.8, 4) is 0 Å². The van der Waals surface area contributed by atoms with Crippen LogP contribution in [0.2, 0.25) is 0 Å². The van der Waals surface area contributed by atoms with Crippen LogP contribution in [0.15, 0.2) is 11.1 Å². The van der Waals surface area contributed by atoms with Gasteiger partial charge in [-0.2, -0.15) is 0 Å². The standard InChI is InChI=1S/C14H23NO/c1-14(2,3)13(16)15-9-7-12(8-10-15)11-5-4-6-11/h4-10H2,1-3H3. The summed E-state index contributed by atoms with van der Waals surface area (Å²) in [7, 11) is 0. The Hall–Kier alpha value is -0.790. The van der Waals surface area contributed by atoms with Crippen LogP contribution < -0.4 is 0 Å². The molecule has 16 heavy (non-hydrogen) atoms. The van der Waals surface area contributed by atoms with Crippen molar-refractivity contribution in [3.05, 3.63) is 11.1 Å². The zero-order valence-electron chi connectivity index (χ0n) is 10.8. The summed E-state index contributed by atoms with van der Waals surface area (Å²) in [4.78, 5) is 14.1. The van der Waals surface area contributed by atoms with Crippen LogP contribution in [-0.4, -0.2) is 23.9 Å². The van der Waals surface area contributed by atoms with Crippen molar-refractivity contribution >= 4 is 5.91 Å². The molecule has 2 aliphatic rings. The van der Waals surface area contributed by atoms with Crippen LogP contribution in [0, 0.1) is 5.41 Å². The first-order valence-electron chi connectivity index (χ1n) is 6.47. The molecule has 1 saturated heterocycles. The van der Waals surface area contributed by atoms with E-state index in [1.165, 1.54) is 19.3 Å². The van der Waals surface area contributed by atoms with Crippen LogP contribution in [0.3, 0.4) is 0 Å². The molecule has 0 aromatic rings. The molecular formula is C14H23NO. The van der Waals surface area contributed by atoms with E-state index in [1.54, 1.807) is 11.1 Å². The number of hydrogen-bond acceptors (Lipinski definition) is 1. The Labute approximate surface area is 98.7 Å². The minimum Gasteiger partial charge on any atom is -0.342 e. The number of rotatable bonds is 0. The number of likely N-dealkylation sites (tertiary alicyclic amines) is 1. The lowest BCUT2D eigenvalue weighted by molar-refractivity contribution is -0.139. The van der Waals surface area contributed by atoms with E-state index >= 15 is 0 Å². The molecule has 0 aromatic carbocycles. The van der Waals surface area contributed by atoms with Crippen molar-refractivity contribution in [3.63, 3.8) is 0 Å². The van der Waals surface area contributed by atoms with Crippen molar-refractivity contribution < 1.29 is 4.79 Å². The summed E-state index contributed by atoms with van der Waals surface area (Å²) in [5.41, 5.74) is 3.13. The number of piperidine rings is 1. The molecule has 90 valence electrons. The fourth-order valence-corrected chi connectivity index (χ4v) is 2.51. The molecule has 0 atom stereocenters. The summed E-state index contributed by atoms with van der Waals surface area (Å²) in [6.07, 6.45) is 6.27. The summed E-state index contributed by atoms with van der Waals surface area (Å²) in [5.74, 6) is 0.310. The van der Waals surface area contributed by atoms with Crippen LogP contribution in [0.5, 0.6) is 0 Å². The second-order valence-electron chi connectivity index (χ2n) is 6.10. The van der Waals surface area contributed by atoms with Crippen LogP contribution in [0.4, 0.5) is 0 Å². The van der Waals surface area contributed by atoms with Gasteiger partial charge in [-0.1, -0.05) is 31.9 Å². The van der Waals surface area contributed by atoms with E-state index in [1.807, 2.05) is 25.7 Å². The van der Waals surface area contributed by atoms with Crippen LogP contribution in [0.1, 0.15) is 52.9 Å². The summed E-state index contributed by atoms with van der Waals surface area (Å²) < 4.78 is 0. The van der Waals surface area contributed by atoms with Gasteiger partial charge < -0.3 is 4.90 Å². The van der Waals surface area contributed by atoms with Crippen molar-refractivity contribution in [1.82, 2.24) is 4.90 Å². The molecule has 1 amide bonds. The maximum atomic E-state index is 12.1. The third-order valence-electron chi connectivity index (χ3n) is 3.75. The Kier molecular flexibility index (Phi) is 3.09. The largest absolute Gasteiger partial charge is 0.342 e. The van der Waals surface area contributed by atoms with E-state index in [-0.39, 0.29) is 5.41 Å². The predicted octanol–water partition coefficient (Wildman–Crippen LogP) is 3.14. The van der Waals surface area contributed by atoms with Gasteiger partial charge in [-0.15, -0.1) is 0 Å². The topological polar surface area (TPSA) is 20.3 Å². The SMILES string of the molecule is CC(C)(C)C(=O)N1CCC(=C2CCC2)CC1. The van der Waals surface area contributed by atoms with E-state index < -0.39 is 0 Å². The van der Waals surface area contributed by atoms with Crippen LogP contribution >= 0.6 is 0 Å². The fraction of sp³-hybridized carbons (Fsp3) is 0.786. The van der Waals surface area contributed by atoms with Gasteiger partial charge >= 0.3 is 0 Å². The van der Waals surface area contributed by atoms with E-state index in [9.17, 15) is 4.79 Å². The highest BCUT2D eigenvalue weighted by molar-refractivity contribution is 5.81. The van der Waals surface area contributed by atoms with Gasteiger partial charge in [-0.25, -0.2) is 0 Å². The first-order chi connectivity index (χ1) is 7.48. The first-order valence-corrected chi connectivity index (χ1v) is 6.47. The molecule has 0 N–H and O–H groups in total. The normalized spacial score (nSPS) is 22.1. The maximum absolute atomic E-state index is 12.1. The zero-order chi connectivity index (χ0) is 11.8. The lowest BCUT2D eigenvalue weighted by Crippen LogP contribution is -2.43. The lowest BCUT2D eigenvalue weighted by Gasteiger charge is -2.35. The third-order valence-corrected chi connectivity index (χ3v) is 3.75. The van der Waals surface area contributed by atoms with Gasteiger partial charge in [0.2, 0.25) is 5.91 Å². The predicted molar refractivity (Wildman–Crippen MR) is 66.1 cm³/mol. The van der Waals surface area contributed by atoms with Crippen molar-refractivity contribution in [2.45, 2.75) is 52.9 Å². The highest BCUT2D eigenvalue weighted by atomic mass is 16.2. The number of nitrogens with zero attached hydrogens (tertiary/aromatic N) is 1. The van der Waals surface area contributed by atoms with Gasteiger partial charge in [0.25, 0.3) is 0 Å². The van der Waals surface area contributed by atoms with Crippen molar-refractivity contribution in [2.75, 3.05) is 13.1 Å². The van der Waals surface area contributed by atoms with Gasteiger partial charge in [-0.05, 0) is 32.1 Å². The average Bonchev–Trinajstić information content (AvgIpc) is 2.14. The highest BCUT2D eigenvalue weighted by Gasteiger charge is 2.29. The minimum absolute atomic E-state index is 0.221. The van der Waals surface area contributed by atoms with Crippen LogP contribution in [-0.2, 0) is 4.79 Å². The molecule has 0 radical (unpaired) electrons. The number of carbonyl (C=O) groups is 1. The van der Waals surface area contributed by atoms with Gasteiger partial charge in [0, 0.05) is 18.5 Å². The molecule has 2 heteroatoms. The minimum atomic E-state index is -0.221. The van der Waals surface area contributed by atoms with Gasteiger partial charge in [-0.3, -0.25) is 4.79 Å². The Bertz CT molecular complexity index is 306. The van der Waals surface area contributed by atoms with Crippen molar-refractivity contribution in [1.29, 1.82) is 0 Å². The number of carbonyl (C=O) groups excluding carboxylic acids is 1. The highest BCUT2D eigenvalue weighted by Crippen LogP contribution is 2.34. The lowest BCUT2D eigenvalue weighted by atomic mass is 9.84. The number of hydrogen-bond donors (Lipinski definition) is 0. The quantitative estimate of drug-likeness (QED) is 0.575. The summed E-state index contributed by atoms with van der Waals surface area (Å²) in [6, 6.07) is 0. The van der Waals surface area contributed by atoms with E-state index in [2.05, 4.69) is 0 Å². The Morgan fingerprint density at radius 1 is 1.00 bits per heavy atom. The second kappa shape index (κ2) is 4.23. The van der Waals surface area contributed by atoms with Crippen LogP contribution in [0.25, 0.3) is 0 Å². The molecule has 0 aromatic heterocycles. The maximum Gasteiger partial charge on any atom is 0.227 e. The number of allylic oxidation sites excluding steroid dienone is 1. The molecule has 0 bridgehead atoms. The van der Waals surface area contributed by atoms with Crippen molar-refractivity contribution in [2.24, 2.45) is 5.41 Å². The molecule has 2 fully saturated rings. The van der Waals surface area contributed by atoms with E-state index in [0.29, 0.717) is 5.91 Å². The van der Waals surface area contributed by atoms with Gasteiger partial charge in [0.1, 0.15) is 0 Å².